The number of β-amino-alcohol motifs (C(OH)–C–C–N with tert-alkyl or cyclic N) is 1. The largest absolute Gasteiger partial charge is 0.492 e. The van der Waals surface area contributed by atoms with Crippen LogP contribution < -0.4 is 4.74 Å². The van der Waals surface area contributed by atoms with Crippen molar-refractivity contribution in [2.75, 3.05) is 26.2 Å². The molecule has 0 bridgehead atoms. The van der Waals surface area contributed by atoms with Crippen LogP contribution in [0.25, 0.3) is 11.3 Å². The Bertz CT molecular complexity index is 1120. The highest BCUT2D eigenvalue weighted by Gasteiger charge is 2.35. The number of piperidine rings is 1. The molecule has 1 fully saturated rings. The Hall–Kier alpha value is -2.95. The van der Waals surface area contributed by atoms with Gasteiger partial charge in [-0.3, -0.25) is 9.88 Å². The van der Waals surface area contributed by atoms with Gasteiger partial charge in [-0.25, -0.2) is 4.98 Å². The highest BCUT2D eigenvalue weighted by atomic mass is 35.5. The monoisotopic (exact) mass is 463 g/mol. The smallest absolute Gasteiger partial charge is 0.131 e. The predicted octanol–water partition coefficient (Wildman–Crippen LogP) is 3.39. The number of benzene rings is 2. The Morgan fingerprint density at radius 2 is 1.85 bits per heavy atom. The number of aliphatic hydroxyl groups is 2. The van der Waals surface area contributed by atoms with Crippen molar-refractivity contribution in [3.05, 3.63) is 77.2 Å². The molecular weight excluding hydrogens is 438 g/mol. The predicted molar refractivity (Wildman–Crippen MR) is 128 cm³/mol. The van der Waals surface area contributed by atoms with Crippen molar-refractivity contribution < 1.29 is 14.9 Å². The van der Waals surface area contributed by atoms with Gasteiger partial charge in [-0.1, -0.05) is 29.7 Å². The maximum Gasteiger partial charge on any atom is 0.131 e. The average Bonchev–Trinajstić information content (AvgIpc) is 2.82. The first-order chi connectivity index (χ1) is 15.9. The fraction of sp³-hybridized carbons (Fsp3) is 0.308. The van der Waals surface area contributed by atoms with Crippen LogP contribution in [-0.2, 0) is 0 Å². The molecule has 33 heavy (non-hydrogen) atoms. The fourth-order valence-corrected chi connectivity index (χ4v) is 3.64. The Kier molecular flexibility index (Phi) is 7.26. The van der Waals surface area contributed by atoms with Crippen LogP contribution >= 0.6 is 11.6 Å². The summed E-state index contributed by atoms with van der Waals surface area (Å²) in [5.41, 5.74) is 2.16. The van der Waals surface area contributed by atoms with Gasteiger partial charge in [0.25, 0.3) is 0 Å². The third kappa shape index (κ3) is 6.31. The molecule has 0 spiro atoms. The lowest BCUT2D eigenvalue weighted by molar-refractivity contribution is -0.108. The first kappa shape index (κ1) is 23.2. The molecule has 1 aromatic heterocycles. The van der Waals surface area contributed by atoms with Crippen LogP contribution in [-0.4, -0.2) is 63.0 Å². The van der Waals surface area contributed by atoms with E-state index in [4.69, 9.17) is 16.3 Å². The van der Waals surface area contributed by atoms with E-state index >= 15 is 0 Å². The molecule has 2 heterocycles. The summed E-state index contributed by atoms with van der Waals surface area (Å²) in [4.78, 5) is 10.9. The molecule has 2 atom stereocenters. The second-order valence-electron chi connectivity index (χ2n) is 8.34. The molecule has 0 radical (unpaired) electrons. The van der Waals surface area contributed by atoms with Crippen molar-refractivity contribution in [1.82, 2.24) is 14.9 Å². The summed E-state index contributed by atoms with van der Waals surface area (Å²) in [5.74, 6) is 6.88. The van der Waals surface area contributed by atoms with Gasteiger partial charge >= 0.3 is 0 Å². The summed E-state index contributed by atoms with van der Waals surface area (Å²) in [6.45, 7) is 4.08. The Balaban J connectivity index is 1.27. The van der Waals surface area contributed by atoms with Gasteiger partial charge in [0, 0.05) is 35.8 Å². The Morgan fingerprint density at radius 1 is 1.09 bits per heavy atom. The zero-order valence-electron chi connectivity index (χ0n) is 18.4. The molecule has 2 N–H and O–H groups in total. The molecule has 1 aliphatic rings. The zero-order chi connectivity index (χ0) is 23.3. The number of aromatic nitrogens is 2. The first-order valence-electron chi connectivity index (χ1n) is 10.8. The van der Waals surface area contributed by atoms with Crippen LogP contribution in [0, 0.1) is 11.8 Å². The normalized spacial score (nSPS) is 20.7. The summed E-state index contributed by atoms with van der Waals surface area (Å²) < 4.78 is 5.81. The molecule has 4 rings (SSSR count). The molecule has 6 nitrogen and oxygen atoms in total. The lowest BCUT2D eigenvalue weighted by atomic mass is 9.91. The van der Waals surface area contributed by atoms with Gasteiger partial charge in [-0.05, 0) is 55.7 Å². The number of hydrogen-bond acceptors (Lipinski definition) is 6. The van der Waals surface area contributed by atoms with E-state index in [0.29, 0.717) is 36.8 Å². The van der Waals surface area contributed by atoms with Gasteiger partial charge < -0.3 is 14.9 Å². The van der Waals surface area contributed by atoms with E-state index in [1.54, 1.807) is 19.3 Å². The summed E-state index contributed by atoms with van der Waals surface area (Å²) >= 11 is 5.92. The van der Waals surface area contributed by atoms with E-state index < -0.39 is 11.7 Å². The van der Waals surface area contributed by atoms with Crippen LogP contribution in [0.2, 0.25) is 5.02 Å². The zero-order valence-corrected chi connectivity index (χ0v) is 19.2. The number of rotatable bonds is 5. The summed E-state index contributed by atoms with van der Waals surface area (Å²) in [5, 5.41) is 20.7. The van der Waals surface area contributed by atoms with Crippen LogP contribution in [0.15, 0.2) is 60.9 Å². The van der Waals surface area contributed by atoms with Gasteiger partial charge in [0.1, 0.15) is 18.1 Å². The van der Waals surface area contributed by atoms with Gasteiger partial charge in [0.05, 0.1) is 29.8 Å². The van der Waals surface area contributed by atoms with E-state index in [2.05, 4.69) is 26.7 Å². The van der Waals surface area contributed by atoms with E-state index in [1.165, 1.54) is 0 Å². The first-order valence-corrected chi connectivity index (χ1v) is 11.2. The van der Waals surface area contributed by atoms with Crippen molar-refractivity contribution in [1.29, 1.82) is 0 Å². The summed E-state index contributed by atoms with van der Waals surface area (Å²) in [6.07, 6.45) is 3.18. The van der Waals surface area contributed by atoms with Gasteiger partial charge in [-0.2, -0.15) is 0 Å². The van der Waals surface area contributed by atoms with Crippen molar-refractivity contribution in [3.63, 3.8) is 0 Å². The third-order valence-electron chi connectivity index (χ3n) is 5.74. The van der Waals surface area contributed by atoms with E-state index in [0.717, 1.165) is 29.1 Å². The maximum absolute atomic E-state index is 10.0. The molecule has 3 aromatic rings. The minimum Gasteiger partial charge on any atom is -0.492 e. The van der Waals surface area contributed by atoms with Crippen molar-refractivity contribution >= 4 is 11.6 Å². The number of aliphatic hydroxyl groups excluding tert-OH is 1. The quantitative estimate of drug-likeness (QED) is 0.565. The topological polar surface area (TPSA) is 78.7 Å². The standard InChI is InChI=1S/C26H26ClN3O3/c1-26(32)12-13-30(18-25(26)31)14-15-33-23-10-3-19(4-11-23)2-9-22-16-29-24(17-28-22)20-5-7-21(27)8-6-20/h3-8,10-11,16-17,25,31-32H,12-15,18H2,1H3/t25-,26+/m0/s1. The van der Waals surface area contributed by atoms with Crippen LogP contribution in [0.5, 0.6) is 5.75 Å². The molecule has 7 heteroatoms. The molecule has 0 unspecified atom stereocenters. The Morgan fingerprint density at radius 3 is 2.52 bits per heavy atom. The van der Waals surface area contributed by atoms with Gasteiger partial charge in [0.15, 0.2) is 0 Å². The van der Waals surface area contributed by atoms with E-state index in [-0.39, 0.29) is 0 Å². The highest BCUT2D eigenvalue weighted by Crippen LogP contribution is 2.22. The number of hydrogen-bond donors (Lipinski definition) is 2. The SMILES string of the molecule is C[C@@]1(O)CCN(CCOc2ccc(C#Cc3cnc(-c4ccc(Cl)cc4)cn3)cc2)C[C@@H]1O. The summed E-state index contributed by atoms with van der Waals surface area (Å²) in [6, 6.07) is 15.0. The molecule has 1 aliphatic heterocycles. The van der Waals surface area contributed by atoms with Gasteiger partial charge in [0.2, 0.25) is 0 Å². The van der Waals surface area contributed by atoms with Crippen molar-refractivity contribution in [2.45, 2.75) is 25.0 Å². The molecule has 0 saturated carbocycles. The van der Waals surface area contributed by atoms with Crippen molar-refractivity contribution in [2.24, 2.45) is 0 Å². The third-order valence-corrected chi connectivity index (χ3v) is 5.99. The minimum absolute atomic E-state index is 0.453. The molecule has 0 aliphatic carbocycles. The second-order valence-corrected chi connectivity index (χ2v) is 8.78. The molecule has 0 amide bonds. The molecule has 1 saturated heterocycles. The second kappa shape index (κ2) is 10.3. The lowest BCUT2D eigenvalue weighted by Gasteiger charge is -2.39. The number of halogens is 1. The van der Waals surface area contributed by atoms with Crippen LogP contribution in [0.4, 0.5) is 0 Å². The molecule has 170 valence electrons. The lowest BCUT2D eigenvalue weighted by Crippen LogP contribution is -2.54. The highest BCUT2D eigenvalue weighted by molar-refractivity contribution is 6.30. The van der Waals surface area contributed by atoms with E-state index in [9.17, 15) is 10.2 Å². The molecular formula is C26H26ClN3O3. The number of likely N-dealkylation sites (tertiary alicyclic amines) is 1. The molecule has 2 aromatic carbocycles. The van der Waals surface area contributed by atoms with E-state index in [1.807, 2.05) is 48.5 Å². The fourth-order valence-electron chi connectivity index (χ4n) is 3.51. The van der Waals surface area contributed by atoms with Crippen molar-refractivity contribution in [3.8, 4) is 28.8 Å². The average molecular weight is 464 g/mol. The number of nitrogens with zero attached hydrogens (tertiary/aromatic N) is 3. The van der Waals surface area contributed by atoms with Gasteiger partial charge in [-0.15, -0.1) is 0 Å². The summed E-state index contributed by atoms with van der Waals surface area (Å²) in [7, 11) is 0. The maximum atomic E-state index is 10.0. The Labute approximate surface area is 198 Å². The van der Waals surface area contributed by atoms with Crippen LogP contribution in [0.1, 0.15) is 24.6 Å². The minimum atomic E-state index is -1.00. The van der Waals surface area contributed by atoms with Crippen LogP contribution in [0.3, 0.4) is 0 Å². The number of ether oxygens (including phenoxy) is 1.